The van der Waals surface area contributed by atoms with Crippen molar-refractivity contribution in [3.8, 4) is 0 Å². The van der Waals surface area contributed by atoms with Crippen LogP contribution in [0.4, 0.5) is 5.69 Å². The second-order valence-corrected chi connectivity index (χ2v) is 7.72. The van der Waals surface area contributed by atoms with Crippen LogP contribution in [0.15, 0.2) is 58.5 Å². The van der Waals surface area contributed by atoms with Gasteiger partial charge in [0.05, 0.1) is 5.75 Å². The Hall–Kier alpha value is -2.57. The van der Waals surface area contributed by atoms with Crippen molar-refractivity contribution in [1.82, 2.24) is 9.97 Å². The van der Waals surface area contributed by atoms with Crippen molar-refractivity contribution < 1.29 is 4.79 Å². The van der Waals surface area contributed by atoms with Gasteiger partial charge in [0.2, 0.25) is 5.91 Å². The number of aryl methyl sites for hydroxylation is 1. The zero-order chi connectivity index (χ0) is 20.1. The summed E-state index contributed by atoms with van der Waals surface area (Å²) in [6, 6.07) is 15.1. The molecule has 0 atom stereocenters. The van der Waals surface area contributed by atoms with Crippen molar-refractivity contribution in [3.05, 3.63) is 86.3 Å². The molecule has 0 saturated heterocycles. The molecule has 0 saturated carbocycles. The lowest BCUT2D eigenvalue weighted by atomic mass is 10.1. The van der Waals surface area contributed by atoms with Crippen LogP contribution in [-0.4, -0.2) is 21.6 Å². The number of aromatic amines is 1. The van der Waals surface area contributed by atoms with Crippen molar-refractivity contribution in [2.75, 3.05) is 11.1 Å². The van der Waals surface area contributed by atoms with Crippen LogP contribution in [0.25, 0.3) is 0 Å². The molecule has 3 rings (SSSR count). The van der Waals surface area contributed by atoms with Gasteiger partial charge in [0.25, 0.3) is 5.56 Å². The predicted molar refractivity (Wildman–Crippen MR) is 114 cm³/mol. The van der Waals surface area contributed by atoms with Gasteiger partial charge in [-0.15, -0.1) is 0 Å². The molecule has 0 unspecified atom stereocenters. The standard InChI is InChI=1S/C21H20ClN3O2S/c1-13-17(22)9-6-10-18(13)24-19(26)12-28-21-23-14(2)16(20(27)25-21)11-15-7-4-3-5-8-15/h3-10H,11-12H2,1-2H3,(H,24,26)(H,23,25,27). The third kappa shape index (κ3) is 5.03. The van der Waals surface area contributed by atoms with Crippen LogP contribution >= 0.6 is 23.4 Å². The topological polar surface area (TPSA) is 74.8 Å². The molecule has 0 aliphatic carbocycles. The Labute approximate surface area is 172 Å². The van der Waals surface area contributed by atoms with E-state index >= 15 is 0 Å². The molecule has 0 aliphatic heterocycles. The SMILES string of the molecule is Cc1nc(SCC(=O)Nc2cccc(Cl)c2C)[nH]c(=O)c1Cc1ccccc1. The first-order chi connectivity index (χ1) is 13.4. The second-order valence-electron chi connectivity index (χ2n) is 6.35. The summed E-state index contributed by atoms with van der Waals surface area (Å²) in [5.41, 5.74) is 3.67. The Bertz CT molecular complexity index is 1050. The van der Waals surface area contributed by atoms with Crippen molar-refractivity contribution in [3.63, 3.8) is 0 Å². The normalized spacial score (nSPS) is 10.7. The number of hydrogen-bond acceptors (Lipinski definition) is 4. The van der Waals surface area contributed by atoms with Gasteiger partial charge in [-0.25, -0.2) is 4.98 Å². The number of benzene rings is 2. The van der Waals surface area contributed by atoms with Crippen LogP contribution in [0.5, 0.6) is 0 Å². The average Bonchev–Trinajstić information content (AvgIpc) is 2.67. The maximum Gasteiger partial charge on any atom is 0.255 e. The molecule has 0 aliphatic rings. The Morgan fingerprint density at radius 2 is 1.89 bits per heavy atom. The van der Waals surface area contributed by atoms with Gasteiger partial charge >= 0.3 is 0 Å². The minimum Gasteiger partial charge on any atom is -0.325 e. The summed E-state index contributed by atoms with van der Waals surface area (Å²) < 4.78 is 0. The van der Waals surface area contributed by atoms with Crippen molar-refractivity contribution in [2.24, 2.45) is 0 Å². The van der Waals surface area contributed by atoms with Gasteiger partial charge in [0, 0.05) is 28.4 Å². The van der Waals surface area contributed by atoms with E-state index in [1.165, 1.54) is 11.8 Å². The van der Waals surface area contributed by atoms with Gasteiger partial charge in [0.1, 0.15) is 0 Å². The third-order valence-electron chi connectivity index (χ3n) is 4.31. The molecular weight excluding hydrogens is 394 g/mol. The van der Waals surface area contributed by atoms with Gasteiger partial charge in [0.15, 0.2) is 5.16 Å². The largest absolute Gasteiger partial charge is 0.325 e. The van der Waals surface area contributed by atoms with Gasteiger partial charge in [-0.3, -0.25) is 9.59 Å². The molecule has 28 heavy (non-hydrogen) atoms. The highest BCUT2D eigenvalue weighted by atomic mass is 35.5. The molecule has 0 radical (unpaired) electrons. The molecule has 0 fully saturated rings. The molecule has 0 spiro atoms. The quantitative estimate of drug-likeness (QED) is 0.465. The number of anilines is 1. The number of H-pyrrole nitrogens is 1. The average molecular weight is 414 g/mol. The Kier molecular flexibility index (Phi) is 6.54. The highest BCUT2D eigenvalue weighted by Crippen LogP contribution is 2.23. The molecule has 0 bridgehead atoms. The lowest BCUT2D eigenvalue weighted by Crippen LogP contribution is -2.19. The molecular formula is C21H20ClN3O2S. The summed E-state index contributed by atoms with van der Waals surface area (Å²) in [5, 5.41) is 3.86. The Morgan fingerprint density at radius 3 is 2.61 bits per heavy atom. The first-order valence-electron chi connectivity index (χ1n) is 8.75. The fraction of sp³-hybridized carbons (Fsp3) is 0.190. The van der Waals surface area contributed by atoms with E-state index < -0.39 is 0 Å². The predicted octanol–water partition coefficient (Wildman–Crippen LogP) is 4.36. The van der Waals surface area contributed by atoms with Crippen LogP contribution in [0.3, 0.4) is 0 Å². The summed E-state index contributed by atoms with van der Waals surface area (Å²) in [5.74, 6) is -0.0594. The maximum atomic E-state index is 12.5. The maximum absolute atomic E-state index is 12.5. The summed E-state index contributed by atoms with van der Waals surface area (Å²) >= 11 is 7.26. The molecule has 1 aromatic heterocycles. The van der Waals surface area contributed by atoms with Crippen LogP contribution in [0.1, 0.15) is 22.4 Å². The van der Waals surface area contributed by atoms with Crippen molar-refractivity contribution in [1.29, 1.82) is 0 Å². The lowest BCUT2D eigenvalue weighted by molar-refractivity contribution is -0.113. The minimum atomic E-state index is -0.191. The molecule has 7 heteroatoms. The molecule has 2 N–H and O–H groups in total. The summed E-state index contributed by atoms with van der Waals surface area (Å²) in [6.45, 7) is 3.66. The van der Waals surface area contributed by atoms with Crippen LogP contribution in [0, 0.1) is 13.8 Å². The summed E-state index contributed by atoms with van der Waals surface area (Å²) in [7, 11) is 0. The number of nitrogens with one attached hydrogen (secondary N) is 2. The number of nitrogens with zero attached hydrogens (tertiary/aromatic N) is 1. The number of thioether (sulfide) groups is 1. The Morgan fingerprint density at radius 1 is 1.14 bits per heavy atom. The smallest absolute Gasteiger partial charge is 0.255 e. The van der Waals surface area contributed by atoms with Gasteiger partial charge in [-0.2, -0.15) is 0 Å². The first kappa shape index (κ1) is 20.2. The minimum absolute atomic E-state index is 0.131. The van der Waals surface area contributed by atoms with E-state index in [9.17, 15) is 9.59 Å². The summed E-state index contributed by atoms with van der Waals surface area (Å²) in [4.78, 5) is 31.9. The van der Waals surface area contributed by atoms with E-state index in [2.05, 4.69) is 15.3 Å². The molecule has 2 aromatic carbocycles. The number of hydrogen-bond donors (Lipinski definition) is 2. The second kappa shape index (κ2) is 9.08. The number of amides is 1. The van der Waals surface area contributed by atoms with E-state index in [0.29, 0.717) is 33.5 Å². The number of carbonyl (C=O) groups excluding carboxylic acids is 1. The van der Waals surface area contributed by atoms with Crippen molar-refractivity contribution in [2.45, 2.75) is 25.4 Å². The van der Waals surface area contributed by atoms with Gasteiger partial charge in [-0.05, 0) is 37.1 Å². The highest BCUT2D eigenvalue weighted by molar-refractivity contribution is 7.99. The van der Waals surface area contributed by atoms with E-state index in [1.54, 1.807) is 18.2 Å². The molecule has 1 amide bonds. The van der Waals surface area contributed by atoms with E-state index in [-0.39, 0.29) is 17.2 Å². The number of aromatic nitrogens is 2. The lowest BCUT2D eigenvalue weighted by Gasteiger charge is -2.10. The molecule has 1 heterocycles. The fourth-order valence-electron chi connectivity index (χ4n) is 2.72. The fourth-order valence-corrected chi connectivity index (χ4v) is 3.61. The molecule has 5 nitrogen and oxygen atoms in total. The molecule has 3 aromatic rings. The van der Waals surface area contributed by atoms with E-state index in [4.69, 9.17) is 11.6 Å². The number of rotatable bonds is 6. The van der Waals surface area contributed by atoms with E-state index in [0.717, 1.165) is 11.1 Å². The van der Waals surface area contributed by atoms with Gasteiger partial charge < -0.3 is 10.3 Å². The zero-order valence-corrected chi connectivity index (χ0v) is 17.2. The van der Waals surface area contributed by atoms with Gasteiger partial charge in [-0.1, -0.05) is 59.8 Å². The van der Waals surface area contributed by atoms with Crippen LogP contribution in [0.2, 0.25) is 5.02 Å². The number of halogens is 1. The van der Waals surface area contributed by atoms with Crippen molar-refractivity contribution >= 4 is 35.0 Å². The third-order valence-corrected chi connectivity index (χ3v) is 5.59. The van der Waals surface area contributed by atoms with Crippen LogP contribution in [-0.2, 0) is 11.2 Å². The first-order valence-corrected chi connectivity index (χ1v) is 10.1. The highest BCUT2D eigenvalue weighted by Gasteiger charge is 2.12. The monoisotopic (exact) mass is 413 g/mol. The van der Waals surface area contributed by atoms with E-state index in [1.807, 2.05) is 44.2 Å². The van der Waals surface area contributed by atoms with Crippen LogP contribution < -0.4 is 10.9 Å². The number of carbonyl (C=O) groups is 1. The molecule has 144 valence electrons. The zero-order valence-electron chi connectivity index (χ0n) is 15.6. The summed E-state index contributed by atoms with van der Waals surface area (Å²) in [6.07, 6.45) is 0.522. The Balaban J connectivity index is 1.65.